The summed E-state index contributed by atoms with van der Waals surface area (Å²) in [5.74, 6) is 0.0828. The number of hydrogen-bond donors (Lipinski definition) is 2. The number of nitriles is 1. The topological polar surface area (TPSA) is 134 Å². The minimum atomic E-state index is -0.590. The number of nitro groups is 1. The van der Waals surface area contributed by atoms with E-state index in [2.05, 4.69) is 15.5 Å². The summed E-state index contributed by atoms with van der Waals surface area (Å²) in [6.07, 6.45) is 2.82. The molecule has 0 bridgehead atoms. The van der Waals surface area contributed by atoms with Gasteiger partial charge in [-0.15, -0.1) is 0 Å². The molecule has 0 saturated carbocycles. The fourth-order valence-corrected chi connectivity index (χ4v) is 2.71. The molecular formula is C21H17N5O4. The van der Waals surface area contributed by atoms with Crippen molar-refractivity contribution in [2.24, 2.45) is 0 Å². The fourth-order valence-electron chi connectivity index (χ4n) is 2.71. The van der Waals surface area contributed by atoms with E-state index in [0.29, 0.717) is 34.9 Å². The number of nitrogens with one attached hydrogen (secondary N) is 2. The van der Waals surface area contributed by atoms with Crippen molar-refractivity contribution < 1.29 is 14.5 Å². The van der Waals surface area contributed by atoms with Crippen molar-refractivity contribution in [3.05, 3.63) is 76.0 Å². The first-order chi connectivity index (χ1) is 14.5. The minimum absolute atomic E-state index is 0.0780. The number of H-pyrrole nitrogens is 1. The van der Waals surface area contributed by atoms with Gasteiger partial charge in [-0.2, -0.15) is 10.4 Å². The molecule has 0 spiro atoms. The molecule has 9 nitrogen and oxygen atoms in total. The summed E-state index contributed by atoms with van der Waals surface area (Å²) in [5.41, 5.74) is 1.71. The molecule has 2 N–H and O–H groups in total. The second kappa shape index (κ2) is 9.16. The highest BCUT2D eigenvalue weighted by molar-refractivity contribution is 6.10. The smallest absolute Gasteiger partial charge is 0.270 e. The predicted octanol–water partition coefficient (Wildman–Crippen LogP) is 3.93. The van der Waals surface area contributed by atoms with E-state index < -0.39 is 10.8 Å². The highest BCUT2D eigenvalue weighted by Crippen LogP contribution is 2.26. The van der Waals surface area contributed by atoms with Crippen LogP contribution in [-0.4, -0.2) is 27.6 Å². The Labute approximate surface area is 171 Å². The number of benzene rings is 2. The third-order valence-electron chi connectivity index (χ3n) is 4.10. The van der Waals surface area contributed by atoms with E-state index in [1.807, 2.05) is 13.0 Å². The van der Waals surface area contributed by atoms with E-state index in [4.69, 9.17) is 4.74 Å². The molecule has 9 heteroatoms. The summed E-state index contributed by atoms with van der Waals surface area (Å²) in [4.78, 5) is 23.0. The minimum Gasteiger partial charge on any atom is -0.494 e. The Balaban J connectivity index is 1.84. The molecule has 1 amide bonds. The van der Waals surface area contributed by atoms with E-state index in [0.717, 1.165) is 0 Å². The lowest BCUT2D eigenvalue weighted by Gasteiger charge is -2.07. The second-order valence-electron chi connectivity index (χ2n) is 6.09. The number of aromatic nitrogens is 2. The third-order valence-corrected chi connectivity index (χ3v) is 4.10. The van der Waals surface area contributed by atoms with Crippen molar-refractivity contribution in [3.8, 4) is 23.1 Å². The Morgan fingerprint density at radius 1 is 1.33 bits per heavy atom. The highest BCUT2D eigenvalue weighted by Gasteiger charge is 2.14. The first-order valence-corrected chi connectivity index (χ1v) is 8.96. The number of anilines is 1. The zero-order valence-corrected chi connectivity index (χ0v) is 16.0. The van der Waals surface area contributed by atoms with Gasteiger partial charge in [0.25, 0.3) is 11.6 Å². The summed E-state index contributed by atoms with van der Waals surface area (Å²) in [6.45, 7) is 2.40. The molecule has 2 aromatic carbocycles. The lowest BCUT2D eigenvalue weighted by Crippen LogP contribution is -2.13. The summed E-state index contributed by atoms with van der Waals surface area (Å²) < 4.78 is 5.35. The maximum Gasteiger partial charge on any atom is 0.270 e. The third kappa shape index (κ3) is 4.69. The van der Waals surface area contributed by atoms with Gasteiger partial charge in [-0.3, -0.25) is 20.0 Å². The Bertz CT molecular complexity index is 1140. The van der Waals surface area contributed by atoms with Crippen LogP contribution in [0.4, 0.5) is 11.4 Å². The van der Waals surface area contributed by atoms with Crippen LogP contribution in [0.25, 0.3) is 17.3 Å². The van der Waals surface area contributed by atoms with Gasteiger partial charge in [-0.25, -0.2) is 0 Å². The zero-order chi connectivity index (χ0) is 21.5. The van der Waals surface area contributed by atoms with E-state index in [1.54, 1.807) is 36.4 Å². The Morgan fingerprint density at radius 3 is 2.77 bits per heavy atom. The van der Waals surface area contributed by atoms with Crippen molar-refractivity contribution in [2.45, 2.75) is 6.92 Å². The summed E-state index contributed by atoms with van der Waals surface area (Å²) in [5, 5.41) is 29.8. The van der Waals surface area contributed by atoms with Crippen LogP contribution in [0.15, 0.2) is 60.3 Å². The van der Waals surface area contributed by atoms with Gasteiger partial charge in [-0.1, -0.05) is 12.1 Å². The van der Waals surface area contributed by atoms with Crippen LogP contribution < -0.4 is 10.1 Å². The fraction of sp³-hybridized carbons (Fsp3) is 0.0952. The molecule has 0 unspecified atom stereocenters. The van der Waals surface area contributed by atoms with Crippen molar-refractivity contribution >= 4 is 23.4 Å². The lowest BCUT2D eigenvalue weighted by molar-refractivity contribution is -0.384. The zero-order valence-electron chi connectivity index (χ0n) is 16.0. The van der Waals surface area contributed by atoms with Crippen molar-refractivity contribution in [1.82, 2.24) is 10.2 Å². The first kappa shape index (κ1) is 20.3. The van der Waals surface area contributed by atoms with Crippen molar-refractivity contribution in [1.29, 1.82) is 5.26 Å². The van der Waals surface area contributed by atoms with E-state index in [9.17, 15) is 20.2 Å². The molecule has 0 aliphatic heterocycles. The number of nitro benzene ring substituents is 1. The van der Waals surface area contributed by atoms with Gasteiger partial charge in [-0.05, 0) is 37.3 Å². The van der Waals surface area contributed by atoms with Gasteiger partial charge in [0, 0.05) is 28.9 Å². The van der Waals surface area contributed by atoms with Crippen LogP contribution in [0, 0.1) is 21.4 Å². The van der Waals surface area contributed by atoms with Crippen LogP contribution in [-0.2, 0) is 4.79 Å². The van der Waals surface area contributed by atoms with Gasteiger partial charge in [0.05, 0.1) is 23.4 Å². The molecule has 0 atom stereocenters. The highest BCUT2D eigenvalue weighted by atomic mass is 16.6. The molecule has 0 aliphatic rings. The predicted molar refractivity (Wildman–Crippen MR) is 111 cm³/mol. The van der Waals surface area contributed by atoms with Crippen LogP contribution in [0.5, 0.6) is 5.75 Å². The molecular weight excluding hydrogens is 386 g/mol. The largest absolute Gasteiger partial charge is 0.494 e. The number of carbonyl (C=O) groups excluding carboxylic acids is 1. The van der Waals surface area contributed by atoms with Gasteiger partial charge in [0.1, 0.15) is 17.4 Å². The van der Waals surface area contributed by atoms with Gasteiger partial charge in [0.15, 0.2) is 0 Å². The van der Waals surface area contributed by atoms with E-state index in [-0.39, 0.29) is 11.3 Å². The Hall–Kier alpha value is -4.45. The van der Waals surface area contributed by atoms with Gasteiger partial charge < -0.3 is 10.1 Å². The number of nitrogens with zero attached hydrogens (tertiary/aromatic N) is 3. The monoisotopic (exact) mass is 403 g/mol. The number of non-ortho nitro benzene ring substituents is 1. The van der Waals surface area contributed by atoms with Crippen molar-refractivity contribution in [2.75, 3.05) is 11.9 Å². The number of carbonyl (C=O) groups is 1. The summed E-state index contributed by atoms with van der Waals surface area (Å²) >= 11 is 0. The summed E-state index contributed by atoms with van der Waals surface area (Å²) in [7, 11) is 0. The van der Waals surface area contributed by atoms with Crippen LogP contribution >= 0.6 is 0 Å². The standard InChI is InChI=1S/C21H17N5O4/c1-2-30-19-8-6-17(7-9-19)24-21(27)15(12-22)10-16-13-23-25-20(16)14-4-3-5-18(11-14)26(28)29/h3-11,13H,2H2,1H3,(H,23,25)(H,24,27). The average molecular weight is 403 g/mol. The maximum atomic E-state index is 12.5. The molecule has 3 aromatic rings. The first-order valence-electron chi connectivity index (χ1n) is 8.96. The molecule has 0 saturated heterocycles. The van der Waals surface area contributed by atoms with Crippen LogP contribution in [0.1, 0.15) is 12.5 Å². The van der Waals surface area contributed by atoms with E-state index in [1.165, 1.54) is 24.4 Å². The second-order valence-corrected chi connectivity index (χ2v) is 6.09. The van der Waals surface area contributed by atoms with Gasteiger partial charge in [0.2, 0.25) is 0 Å². The Kier molecular flexibility index (Phi) is 6.20. The van der Waals surface area contributed by atoms with Crippen molar-refractivity contribution in [3.63, 3.8) is 0 Å². The normalized spacial score (nSPS) is 10.9. The van der Waals surface area contributed by atoms with Crippen LogP contribution in [0.3, 0.4) is 0 Å². The molecule has 1 heterocycles. The lowest BCUT2D eigenvalue weighted by atomic mass is 10.1. The number of ether oxygens (including phenoxy) is 1. The molecule has 3 rings (SSSR count). The number of rotatable bonds is 7. The number of aromatic amines is 1. The number of amides is 1. The van der Waals surface area contributed by atoms with E-state index >= 15 is 0 Å². The molecule has 30 heavy (non-hydrogen) atoms. The molecule has 0 aliphatic carbocycles. The molecule has 1 aromatic heterocycles. The Morgan fingerprint density at radius 2 is 2.10 bits per heavy atom. The quantitative estimate of drug-likeness (QED) is 0.266. The maximum absolute atomic E-state index is 12.5. The molecule has 0 fully saturated rings. The molecule has 0 radical (unpaired) electrons. The number of hydrogen-bond acceptors (Lipinski definition) is 6. The molecule has 150 valence electrons. The van der Waals surface area contributed by atoms with Crippen LogP contribution in [0.2, 0.25) is 0 Å². The summed E-state index contributed by atoms with van der Waals surface area (Å²) in [6, 6.07) is 14.6. The van der Waals surface area contributed by atoms with Gasteiger partial charge >= 0.3 is 0 Å². The SMILES string of the molecule is CCOc1ccc(NC(=O)C(C#N)=Cc2cn[nH]c2-c2cccc([N+](=O)[O-])c2)cc1. The average Bonchev–Trinajstić information content (AvgIpc) is 3.22.